The van der Waals surface area contributed by atoms with Gasteiger partial charge in [0, 0.05) is 39.8 Å². The van der Waals surface area contributed by atoms with Crippen molar-refractivity contribution in [1.29, 1.82) is 0 Å². The number of hydrogen-bond donors (Lipinski definition) is 2. The van der Waals surface area contributed by atoms with E-state index in [-0.39, 0.29) is 59.6 Å². The number of H-pyrrole nitrogens is 1. The molecule has 4 amide bonds. The number of methoxy groups -OCH3 is 3. The van der Waals surface area contributed by atoms with Gasteiger partial charge in [0.25, 0.3) is 0 Å². The number of aromatic nitrogens is 3. The Balaban J connectivity index is 1.59. The van der Waals surface area contributed by atoms with Gasteiger partial charge in [0.15, 0.2) is 19.1 Å². The van der Waals surface area contributed by atoms with Crippen LogP contribution in [0.25, 0.3) is 0 Å². The second-order valence-electron chi connectivity index (χ2n) is 11.9. The van der Waals surface area contributed by atoms with Crippen molar-refractivity contribution >= 4 is 24.0 Å². The Morgan fingerprint density at radius 3 is 1.66 bits per heavy atom. The number of aromatic amines is 1. The minimum Gasteiger partial charge on any atom is -0.463 e. The summed E-state index contributed by atoms with van der Waals surface area (Å²) in [6.07, 6.45) is -2.58. The Labute approximate surface area is 285 Å². The van der Waals surface area contributed by atoms with E-state index in [2.05, 4.69) is 0 Å². The first-order chi connectivity index (χ1) is 23.8. The van der Waals surface area contributed by atoms with Crippen LogP contribution >= 0.6 is 0 Å². The van der Waals surface area contributed by atoms with Crippen molar-refractivity contribution in [2.45, 2.75) is 52.1 Å². The van der Waals surface area contributed by atoms with E-state index in [9.17, 15) is 38.7 Å². The summed E-state index contributed by atoms with van der Waals surface area (Å²) in [6.45, 7) is 1.25. The molecule has 50 heavy (non-hydrogen) atoms. The number of carbonyl (C=O) groups is 4. The van der Waals surface area contributed by atoms with Gasteiger partial charge in [-0.2, -0.15) is 0 Å². The summed E-state index contributed by atoms with van der Waals surface area (Å²) in [5.74, 6) is -1.57. The topological polar surface area (TPSA) is 243 Å². The number of aliphatic hydroxyl groups excluding tert-OH is 1. The van der Waals surface area contributed by atoms with Gasteiger partial charge in [-0.15, -0.1) is 0 Å². The van der Waals surface area contributed by atoms with Gasteiger partial charge in [0.05, 0.1) is 32.7 Å². The largest absolute Gasteiger partial charge is 0.463 e. The van der Waals surface area contributed by atoms with Gasteiger partial charge in [-0.25, -0.2) is 33.1 Å². The van der Waals surface area contributed by atoms with Crippen molar-refractivity contribution in [3.05, 3.63) is 31.5 Å². The fourth-order valence-electron chi connectivity index (χ4n) is 5.01. The van der Waals surface area contributed by atoms with Crippen molar-refractivity contribution in [2.24, 2.45) is 5.41 Å². The smallest absolute Gasteiger partial charge is 0.336 e. The van der Waals surface area contributed by atoms with Gasteiger partial charge in [0.1, 0.15) is 33.5 Å². The van der Waals surface area contributed by atoms with Crippen LogP contribution in [0.2, 0.25) is 0 Å². The molecule has 1 aromatic heterocycles. The van der Waals surface area contributed by atoms with Gasteiger partial charge in [0.2, 0.25) is 0 Å². The second kappa shape index (κ2) is 18.6. The lowest BCUT2D eigenvalue weighted by molar-refractivity contribution is -0.160. The summed E-state index contributed by atoms with van der Waals surface area (Å²) in [6, 6.07) is -1.05. The van der Waals surface area contributed by atoms with Crippen LogP contribution in [0.15, 0.2) is 14.4 Å². The van der Waals surface area contributed by atoms with E-state index in [1.54, 1.807) is 13.8 Å². The fraction of sp³-hybridized carbons (Fsp3) is 0.750. The van der Waals surface area contributed by atoms with Gasteiger partial charge in [-0.3, -0.25) is 34.2 Å². The molecule has 2 atom stereocenters. The third-order valence-corrected chi connectivity index (χ3v) is 7.54. The van der Waals surface area contributed by atoms with Crippen LogP contribution in [0.3, 0.4) is 0 Å². The summed E-state index contributed by atoms with van der Waals surface area (Å²) >= 11 is 0. The molecule has 22 heteroatoms. The number of hydrogen-bond acceptors (Lipinski definition) is 15. The number of ether oxygens (including phenoxy) is 7. The molecule has 0 saturated carbocycles. The Kier molecular flexibility index (Phi) is 14.9. The molecule has 2 saturated heterocycles. The molecule has 22 nitrogen and oxygen atoms in total. The summed E-state index contributed by atoms with van der Waals surface area (Å²) in [5, 5.41) is 9.54. The zero-order valence-corrected chi connectivity index (χ0v) is 28.7. The molecule has 2 aliphatic heterocycles. The number of esters is 2. The Morgan fingerprint density at radius 2 is 1.18 bits per heavy atom. The molecule has 0 radical (unpaired) electrons. The lowest BCUT2D eigenvalue weighted by atomic mass is 9.97. The Morgan fingerprint density at radius 1 is 0.700 bits per heavy atom. The molecule has 3 rings (SSSR count). The van der Waals surface area contributed by atoms with Gasteiger partial charge in [-0.1, -0.05) is 13.8 Å². The first-order valence-corrected chi connectivity index (χ1v) is 15.4. The lowest BCUT2D eigenvalue weighted by Gasteiger charge is -2.30. The molecule has 1 aromatic rings. The van der Waals surface area contributed by atoms with Crippen LogP contribution in [-0.2, 0) is 55.8 Å². The van der Waals surface area contributed by atoms with Crippen molar-refractivity contribution in [3.8, 4) is 0 Å². The maximum absolute atomic E-state index is 13.4. The molecule has 3 heterocycles. The first-order valence-electron chi connectivity index (χ1n) is 15.4. The van der Waals surface area contributed by atoms with Crippen molar-refractivity contribution in [2.75, 3.05) is 81.5 Å². The van der Waals surface area contributed by atoms with Crippen molar-refractivity contribution in [1.82, 2.24) is 33.7 Å². The van der Waals surface area contributed by atoms with E-state index in [1.165, 1.54) is 40.9 Å². The normalized spacial score (nSPS) is 17.6. The number of urea groups is 2. The first kappa shape index (κ1) is 40.1. The van der Waals surface area contributed by atoms with E-state index < -0.39 is 85.3 Å². The SMILES string of the molecule is COCCOC(=O)CCn1c(=O)[nH]c(=O)n(CCC(=O)OCOCN2C(=O)N(COC)C3C2N(COC)C(=O)N3COCC(C)(C)CO)c1=O. The number of fused-ring (bicyclic) bond motifs is 1. The molecule has 0 bridgehead atoms. The number of aliphatic hydroxyl groups is 1. The van der Waals surface area contributed by atoms with Gasteiger partial charge >= 0.3 is 41.1 Å². The van der Waals surface area contributed by atoms with Crippen LogP contribution in [0, 0.1) is 5.41 Å². The predicted octanol–water partition coefficient (Wildman–Crippen LogP) is -2.53. The Hall–Kier alpha value is -4.35. The highest BCUT2D eigenvalue weighted by Crippen LogP contribution is 2.35. The number of carbonyl (C=O) groups excluding carboxylic acids is 4. The minimum absolute atomic E-state index is 0.0148. The maximum Gasteiger partial charge on any atom is 0.336 e. The van der Waals surface area contributed by atoms with E-state index in [0.717, 1.165) is 0 Å². The number of nitrogens with one attached hydrogen (secondary N) is 1. The van der Waals surface area contributed by atoms with E-state index >= 15 is 0 Å². The van der Waals surface area contributed by atoms with E-state index in [4.69, 9.17) is 33.2 Å². The molecule has 0 aromatic carbocycles. The van der Waals surface area contributed by atoms with E-state index in [0.29, 0.717) is 9.13 Å². The molecule has 2 fully saturated rings. The van der Waals surface area contributed by atoms with Crippen LogP contribution < -0.4 is 17.1 Å². The summed E-state index contributed by atoms with van der Waals surface area (Å²) < 4.78 is 37.6. The monoisotopic (exact) mass is 719 g/mol. The number of amides is 4. The second-order valence-corrected chi connectivity index (χ2v) is 11.9. The van der Waals surface area contributed by atoms with Gasteiger partial charge in [-0.05, 0) is 0 Å². The molecule has 2 unspecified atom stereocenters. The van der Waals surface area contributed by atoms with E-state index in [1.807, 2.05) is 4.98 Å². The fourth-order valence-corrected chi connectivity index (χ4v) is 5.01. The average Bonchev–Trinajstić information content (AvgIpc) is 3.48. The molecule has 2 aliphatic rings. The van der Waals surface area contributed by atoms with Crippen LogP contribution in [0.5, 0.6) is 0 Å². The molecular weight excluding hydrogens is 674 g/mol. The third kappa shape index (κ3) is 9.88. The van der Waals surface area contributed by atoms with Crippen LogP contribution in [0.1, 0.15) is 26.7 Å². The van der Waals surface area contributed by atoms with Gasteiger partial charge < -0.3 is 38.3 Å². The highest BCUT2D eigenvalue weighted by Gasteiger charge is 2.59. The highest BCUT2D eigenvalue weighted by molar-refractivity contribution is 5.85. The molecule has 0 aliphatic carbocycles. The standard InChI is InChI=1S/C28H45N7O15/c1-28(2,12-36)13-47-16-34-21-22(33(15-46-5)26(34)42)35(27(43)32(21)14-45-4)17-48-18-50-20(38)7-9-31-24(40)29-23(39)30(25(31)41)8-6-19(37)49-11-10-44-3/h21-22,36H,6-18H2,1-5H3,(H,29,39,40). The summed E-state index contributed by atoms with van der Waals surface area (Å²) in [7, 11) is 4.19. The third-order valence-electron chi connectivity index (χ3n) is 7.54. The number of rotatable bonds is 22. The molecule has 0 spiro atoms. The average molecular weight is 720 g/mol. The summed E-state index contributed by atoms with van der Waals surface area (Å²) in [4.78, 5) is 95.4. The zero-order valence-electron chi connectivity index (χ0n) is 28.7. The zero-order chi connectivity index (χ0) is 37.0. The van der Waals surface area contributed by atoms with Crippen LogP contribution in [-0.4, -0.2) is 157 Å². The molecular formula is C28H45N7O15. The van der Waals surface area contributed by atoms with Crippen molar-refractivity contribution in [3.63, 3.8) is 0 Å². The lowest BCUT2D eigenvalue weighted by Crippen LogP contribution is -2.49. The summed E-state index contributed by atoms with van der Waals surface area (Å²) in [5.41, 5.74) is -3.71. The highest BCUT2D eigenvalue weighted by atomic mass is 16.7. The maximum atomic E-state index is 13.4. The number of nitrogens with zero attached hydrogens (tertiary/aromatic N) is 6. The molecule has 2 N–H and O–H groups in total. The Bertz CT molecular complexity index is 1500. The van der Waals surface area contributed by atoms with Crippen molar-refractivity contribution < 1.29 is 57.4 Å². The van der Waals surface area contributed by atoms with Crippen LogP contribution in [0.4, 0.5) is 9.59 Å². The minimum atomic E-state index is -1.06. The quantitative estimate of drug-likeness (QED) is 0.0713. The molecule has 282 valence electrons. The predicted molar refractivity (Wildman–Crippen MR) is 166 cm³/mol.